The summed E-state index contributed by atoms with van der Waals surface area (Å²) >= 11 is 1.59. The van der Waals surface area contributed by atoms with Crippen LogP contribution in [0.3, 0.4) is 0 Å². The van der Waals surface area contributed by atoms with Crippen molar-refractivity contribution in [1.82, 2.24) is 24.8 Å². The predicted octanol–water partition coefficient (Wildman–Crippen LogP) is 2.89. The lowest BCUT2D eigenvalue weighted by Crippen LogP contribution is -2.55. The second-order valence-electron chi connectivity index (χ2n) is 10.6. The van der Waals surface area contributed by atoms with Gasteiger partial charge in [0, 0.05) is 56.1 Å². The van der Waals surface area contributed by atoms with Crippen molar-refractivity contribution in [3.63, 3.8) is 0 Å². The van der Waals surface area contributed by atoms with E-state index in [1.54, 1.807) is 28.6 Å². The van der Waals surface area contributed by atoms with E-state index in [-0.39, 0.29) is 18.4 Å². The molecule has 0 bridgehead atoms. The number of thiazole rings is 1. The Hall–Kier alpha value is -3.05. The van der Waals surface area contributed by atoms with Crippen LogP contribution in [0, 0.1) is 11.8 Å². The summed E-state index contributed by atoms with van der Waals surface area (Å²) in [6.07, 6.45) is 10.4. The minimum absolute atomic E-state index is 0.00143. The molecule has 0 spiro atoms. The second-order valence-corrected chi connectivity index (χ2v) is 11.4. The van der Waals surface area contributed by atoms with Crippen LogP contribution >= 0.6 is 11.3 Å². The SMILES string of the molecule is O=CN(O)C[C@@H](CC1CCCC1)C(=O)N1CCC[C@H]1C(=O)N1CCN(c2nc(-c3cccnc3)cs2)CC1. The van der Waals surface area contributed by atoms with E-state index in [1.807, 2.05) is 22.4 Å². The van der Waals surface area contributed by atoms with Gasteiger partial charge in [-0.05, 0) is 37.3 Å². The third kappa shape index (κ3) is 5.99. The molecule has 204 valence electrons. The first-order valence-electron chi connectivity index (χ1n) is 13.6. The van der Waals surface area contributed by atoms with Gasteiger partial charge in [0.1, 0.15) is 6.04 Å². The summed E-state index contributed by atoms with van der Waals surface area (Å²) in [6.45, 7) is 3.06. The van der Waals surface area contributed by atoms with Crippen molar-refractivity contribution in [1.29, 1.82) is 0 Å². The van der Waals surface area contributed by atoms with Crippen LogP contribution in [0.15, 0.2) is 29.9 Å². The minimum atomic E-state index is -0.488. The van der Waals surface area contributed by atoms with E-state index in [0.717, 1.165) is 48.5 Å². The third-order valence-corrected chi connectivity index (χ3v) is 9.00. The average Bonchev–Trinajstić information content (AvgIpc) is 3.75. The fourth-order valence-electron chi connectivity index (χ4n) is 6.08. The fourth-order valence-corrected chi connectivity index (χ4v) is 6.97. The number of hydroxylamine groups is 2. The van der Waals surface area contributed by atoms with Crippen molar-refractivity contribution >= 4 is 34.7 Å². The predicted molar refractivity (Wildman–Crippen MR) is 143 cm³/mol. The van der Waals surface area contributed by atoms with Gasteiger partial charge in [0.15, 0.2) is 5.13 Å². The number of pyridine rings is 1. The van der Waals surface area contributed by atoms with E-state index in [9.17, 15) is 19.6 Å². The number of hydrogen-bond donors (Lipinski definition) is 1. The number of nitrogens with zero attached hydrogens (tertiary/aromatic N) is 6. The van der Waals surface area contributed by atoms with Gasteiger partial charge in [-0.15, -0.1) is 11.3 Å². The molecule has 3 amide bonds. The second kappa shape index (κ2) is 12.2. The number of hydrogen-bond acceptors (Lipinski definition) is 8. The van der Waals surface area contributed by atoms with Crippen LogP contribution in [-0.4, -0.2) is 93.6 Å². The number of piperazine rings is 1. The van der Waals surface area contributed by atoms with Crippen LogP contribution in [0.5, 0.6) is 0 Å². The highest BCUT2D eigenvalue weighted by Gasteiger charge is 2.40. The van der Waals surface area contributed by atoms with E-state index in [1.165, 1.54) is 0 Å². The Bertz CT molecular complexity index is 1100. The molecule has 5 rings (SSSR count). The number of amides is 3. The highest BCUT2D eigenvalue weighted by Crippen LogP contribution is 2.33. The summed E-state index contributed by atoms with van der Waals surface area (Å²) in [5.74, 6) is -0.171. The molecule has 11 heteroatoms. The first-order chi connectivity index (χ1) is 18.5. The zero-order chi connectivity index (χ0) is 26.5. The molecular weight excluding hydrogens is 504 g/mol. The first-order valence-corrected chi connectivity index (χ1v) is 14.5. The molecule has 3 aliphatic rings. The summed E-state index contributed by atoms with van der Waals surface area (Å²) in [6, 6.07) is 3.42. The molecule has 2 aromatic rings. The first kappa shape index (κ1) is 26.6. The number of aromatic nitrogens is 2. The van der Waals surface area contributed by atoms with Crippen molar-refractivity contribution in [3.8, 4) is 11.3 Å². The highest BCUT2D eigenvalue weighted by atomic mass is 32.1. The van der Waals surface area contributed by atoms with Gasteiger partial charge in [-0.2, -0.15) is 0 Å². The van der Waals surface area contributed by atoms with E-state index >= 15 is 0 Å². The quantitative estimate of drug-likeness (QED) is 0.296. The van der Waals surface area contributed by atoms with Crippen LogP contribution in [0.1, 0.15) is 44.9 Å². The van der Waals surface area contributed by atoms with Crippen LogP contribution in [0.2, 0.25) is 0 Å². The molecule has 0 unspecified atom stereocenters. The summed E-state index contributed by atoms with van der Waals surface area (Å²) < 4.78 is 0. The monoisotopic (exact) mass is 540 g/mol. The summed E-state index contributed by atoms with van der Waals surface area (Å²) in [4.78, 5) is 53.0. The normalized spacial score (nSPS) is 21.1. The van der Waals surface area contributed by atoms with Crippen molar-refractivity contribution in [2.45, 2.75) is 51.0 Å². The summed E-state index contributed by atoms with van der Waals surface area (Å²) in [5, 5.41) is 13.4. The van der Waals surface area contributed by atoms with Gasteiger partial charge in [0.2, 0.25) is 18.2 Å². The standard InChI is InChI=1S/C27H36N6O4S/c34-19-32(37)17-22(15-20-5-1-2-6-20)25(35)33-10-4-8-24(33)26(36)30-11-13-31(14-12-30)27-29-23(18-38-27)21-7-3-9-28-16-21/h3,7,9,16,18-20,22,24,37H,1-2,4-6,8,10-15,17H2/t22-,24+/m1/s1. The lowest BCUT2D eigenvalue weighted by atomic mass is 9.91. The molecule has 2 atom stereocenters. The maximum atomic E-state index is 13.6. The number of carbonyl (C=O) groups excluding carboxylic acids is 3. The molecule has 4 heterocycles. The highest BCUT2D eigenvalue weighted by molar-refractivity contribution is 7.14. The number of rotatable bonds is 9. The van der Waals surface area contributed by atoms with E-state index < -0.39 is 12.0 Å². The van der Waals surface area contributed by atoms with Crippen molar-refractivity contribution in [2.24, 2.45) is 11.8 Å². The van der Waals surface area contributed by atoms with Crippen LogP contribution in [0.25, 0.3) is 11.3 Å². The Morgan fingerprint density at radius 2 is 1.92 bits per heavy atom. The molecule has 1 aliphatic carbocycles. The van der Waals surface area contributed by atoms with Gasteiger partial charge >= 0.3 is 0 Å². The molecular formula is C27H36N6O4S. The smallest absolute Gasteiger partial charge is 0.245 e. The third-order valence-electron chi connectivity index (χ3n) is 8.10. The minimum Gasteiger partial charge on any atom is -0.345 e. The van der Waals surface area contributed by atoms with Gasteiger partial charge in [-0.3, -0.25) is 24.6 Å². The molecule has 38 heavy (non-hydrogen) atoms. The van der Waals surface area contributed by atoms with Crippen LogP contribution in [0.4, 0.5) is 5.13 Å². The Morgan fingerprint density at radius 1 is 1.13 bits per heavy atom. The van der Waals surface area contributed by atoms with E-state index in [2.05, 4.69) is 9.88 Å². The van der Waals surface area contributed by atoms with Gasteiger partial charge in [-0.25, -0.2) is 10.0 Å². The Morgan fingerprint density at radius 3 is 2.63 bits per heavy atom. The maximum absolute atomic E-state index is 13.6. The molecule has 3 fully saturated rings. The van der Waals surface area contributed by atoms with Gasteiger partial charge < -0.3 is 14.7 Å². The summed E-state index contributed by atoms with van der Waals surface area (Å²) in [7, 11) is 0. The van der Waals surface area contributed by atoms with E-state index in [0.29, 0.717) is 63.0 Å². The molecule has 0 radical (unpaired) electrons. The number of anilines is 1. The fraction of sp³-hybridized carbons (Fsp3) is 0.593. The van der Waals surface area contributed by atoms with Gasteiger partial charge in [-0.1, -0.05) is 25.7 Å². The molecule has 2 aromatic heterocycles. The van der Waals surface area contributed by atoms with Crippen LogP contribution < -0.4 is 4.90 Å². The number of carbonyl (C=O) groups is 3. The lowest BCUT2D eigenvalue weighted by molar-refractivity contribution is -0.159. The molecule has 2 saturated heterocycles. The molecule has 1 N–H and O–H groups in total. The van der Waals surface area contributed by atoms with Crippen molar-refractivity contribution in [3.05, 3.63) is 29.9 Å². The Labute approximate surface area is 227 Å². The van der Waals surface area contributed by atoms with Gasteiger partial charge in [0.05, 0.1) is 18.2 Å². The zero-order valence-electron chi connectivity index (χ0n) is 21.7. The Kier molecular flexibility index (Phi) is 8.53. The largest absolute Gasteiger partial charge is 0.345 e. The molecule has 1 saturated carbocycles. The van der Waals surface area contributed by atoms with Crippen molar-refractivity contribution in [2.75, 3.05) is 44.2 Å². The molecule has 2 aliphatic heterocycles. The summed E-state index contributed by atoms with van der Waals surface area (Å²) in [5.41, 5.74) is 1.89. The van der Waals surface area contributed by atoms with Crippen LogP contribution in [-0.2, 0) is 14.4 Å². The average molecular weight is 541 g/mol. The molecule has 0 aromatic carbocycles. The van der Waals surface area contributed by atoms with Crippen molar-refractivity contribution < 1.29 is 19.6 Å². The van der Waals surface area contributed by atoms with E-state index in [4.69, 9.17) is 4.98 Å². The Balaban J connectivity index is 1.19. The molecule has 10 nitrogen and oxygen atoms in total. The zero-order valence-corrected chi connectivity index (χ0v) is 22.5. The number of likely N-dealkylation sites (tertiary alicyclic amines) is 1. The lowest BCUT2D eigenvalue weighted by Gasteiger charge is -2.38. The van der Waals surface area contributed by atoms with Gasteiger partial charge in [0.25, 0.3) is 0 Å². The topological polar surface area (TPSA) is 110 Å². The maximum Gasteiger partial charge on any atom is 0.245 e.